The van der Waals surface area contributed by atoms with E-state index in [4.69, 9.17) is 0 Å². The summed E-state index contributed by atoms with van der Waals surface area (Å²) in [6.45, 7) is 8.97. The molecule has 0 aromatic rings. The van der Waals surface area contributed by atoms with E-state index in [2.05, 4.69) is 25.3 Å². The van der Waals surface area contributed by atoms with Gasteiger partial charge in [-0.1, -0.05) is 32.4 Å². The Balaban J connectivity index is 2.93. The van der Waals surface area contributed by atoms with Gasteiger partial charge in [-0.2, -0.15) is 0 Å². The first-order valence-corrected chi connectivity index (χ1v) is 6.70. The van der Waals surface area contributed by atoms with Crippen molar-refractivity contribution < 1.29 is 4.39 Å². The molecule has 1 aliphatic rings. The van der Waals surface area contributed by atoms with E-state index in [1.165, 1.54) is 36.6 Å². The van der Waals surface area contributed by atoms with Gasteiger partial charge in [0.25, 0.3) is 0 Å². The van der Waals surface area contributed by atoms with E-state index < -0.39 is 0 Å². The zero-order chi connectivity index (χ0) is 13.5. The molecule has 0 unspecified atom stereocenters. The molecular weight excluding hydrogens is 225 g/mol. The predicted molar refractivity (Wildman–Crippen MR) is 76.9 cm³/mol. The molecule has 2 heteroatoms. The van der Waals surface area contributed by atoms with Crippen molar-refractivity contribution in [2.75, 3.05) is 13.6 Å². The minimum absolute atomic E-state index is 0.189. The fourth-order valence-corrected chi connectivity index (χ4v) is 2.07. The Morgan fingerprint density at radius 1 is 1.33 bits per heavy atom. The predicted octanol–water partition coefficient (Wildman–Crippen LogP) is 4.75. The Kier molecular flexibility index (Phi) is 5.90. The van der Waals surface area contributed by atoms with Gasteiger partial charge in [-0.3, -0.25) is 0 Å². The van der Waals surface area contributed by atoms with E-state index in [-0.39, 0.29) is 5.83 Å². The summed E-state index contributed by atoms with van der Waals surface area (Å²) in [5, 5.41) is 0. The summed E-state index contributed by atoms with van der Waals surface area (Å²) in [6.07, 6.45) is 9.52. The normalized spacial score (nSPS) is 26.1. The zero-order valence-corrected chi connectivity index (χ0v) is 11.8. The Morgan fingerprint density at radius 2 is 2.06 bits per heavy atom. The van der Waals surface area contributed by atoms with E-state index in [9.17, 15) is 4.39 Å². The molecule has 0 saturated heterocycles. The van der Waals surface area contributed by atoms with Crippen molar-refractivity contribution in [1.82, 2.24) is 4.90 Å². The average molecular weight is 249 g/mol. The molecule has 0 saturated carbocycles. The van der Waals surface area contributed by atoms with Gasteiger partial charge in [0.05, 0.1) is 0 Å². The second-order valence-electron chi connectivity index (χ2n) is 4.85. The highest BCUT2D eigenvalue weighted by molar-refractivity contribution is 5.42. The maximum atomic E-state index is 13.4. The topological polar surface area (TPSA) is 3.24 Å². The van der Waals surface area contributed by atoms with Gasteiger partial charge in [0.15, 0.2) is 0 Å². The number of allylic oxidation sites excluding steroid dienone is 6. The van der Waals surface area contributed by atoms with Crippen LogP contribution in [-0.2, 0) is 0 Å². The lowest BCUT2D eigenvalue weighted by Gasteiger charge is -2.22. The van der Waals surface area contributed by atoms with E-state index in [0.717, 1.165) is 12.0 Å². The van der Waals surface area contributed by atoms with Crippen LogP contribution in [0.2, 0.25) is 0 Å². The summed E-state index contributed by atoms with van der Waals surface area (Å²) in [6, 6.07) is 0. The quantitative estimate of drug-likeness (QED) is 0.650. The summed E-state index contributed by atoms with van der Waals surface area (Å²) >= 11 is 0. The van der Waals surface area contributed by atoms with Gasteiger partial charge in [-0.25, -0.2) is 4.39 Å². The molecule has 1 rings (SSSR count). The smallest absolute Gasteiger partial charge is 0.121 e. The molecule has 0 spiro atoms. The van der Waals surface area contributed by atoms with Gasteiger partial charge in [0.1, 0.15) is 5.83 Å². The Hall–Kier alpha value is -1.31. The zero-order valence-electron chi connectivity index (χ0n) is 11.8. The van der Waals surface area contributed by atoms with Crippen LogP contribution in [0.25, 0.3) is 0 Å². The Labute approximate surface area is 110 Å². The molecule has 0 N–H and O–H groups in total. The molecule has 0 amide bonds. The highest BCUT2D eigenvalue weighted by Gasteiger charge is 2.10. The largest absolute Gasteiger partial charge is 0.374 e. The van der Waals surface area contributed by atoms with Gasteiger partial charge < -0.3 is 4.90 Å². The maximum Gasteiger partial charge on any atom is 0.121 e. The Morgan fingerprint density at radius 3 is 2.72 bits per heavy atom. The first kappa shape index (κ1) is 14.7. The van der Waals surface area contributed by atoms with Crippen molar-refractivity contribution in [2.45, 2.75) is 39.5 Å². The van der Waals surface area contributed by atoms with Crippen LogP contribution < -0.4 is 0 Å². The first-order chi connectivity index (χ1) is 8.56. The third-order valence-corrected chi connectivity index (χ3v) is 3.43. The molecule has 0 aromatic heterocycles. The third-order valence-electron chi connectivity index (χ3n) is 3.43. The van der Waals surface area contributed by atoms with Crippen LogP contribution in [0, 0.1) is 0 Å². The van der Waals surface area contributed by atoms with Crippen molar-refractivity contribution in [3.8, 4) is 0 Å². The van der Waals surface area contributed by atoms with Crippen molar-refractivity contribution in [2.24, 2.45) is 0 Å². The summed E-state index contributed by atoms with van der Waals surface area (Å²) < 4.78 is 13.4. The van der Waals surface area contributed by atoms with Crippen LogP contribution >= 0.6 is 0 Å². The number of nitrogens with zero attached hydrogens (tertiary/aromatic N) is 1. The summed E-state index contributed by atoms with van der Waals surface area (Å²) in [4.78, 5) is 2.08. The minimum atomic E-state index is -0.189. The van der Waals surface area contributed by atoms with Gasteiger partial charge >= 0.3 is 0 Å². The van der Waals surface area contributed by atoms with Gasteiger partial charge in [-0.05, 0) is 43.1 Å². The lowest BCUT2D eigenvalue weighted by Crippen LogP contribution is -2.18. The lowest BCUT2D eigenvalue weighted by molar-refractivity contribution is 0.453. The molecule has 0 bridgehead atoms. The number of hydrogen-bond donors (Lipinski definition) is 0. The first-order valence-electron chi connectivity index (χ1n) is 6.70. The molecule has 0 radical (unpaired) electrons. The second-order valence-corrected chi connectivity index (χ2v) is 4.85. The van der Waals surface area contributed by atoms with Crippen molar-refractivity contribution in [3.63, 3.8) is 0 Å². The molecule has 0 aliphatic carbocycles. The van der Waals surface area contributed by atoms with Crippen LogP contribution in [0.15, 0.2) is 47.5 Å². The molecule has 0 fully saturated rings. The molecule has 18 heavy (non-hydrogen) atoms. The number of likely N-dealkylation sites (N-methyl/N-ethyl adjacent to an activating group) is 1. The number of unbranched alkanes of at least 4 members (excludes halogenated alkanes) is 2. The lowest BCUT2D eigenvalue weighted by atomic mass is 9.98. The van der Waals surface area contributed by atoms with Gasteiger partial charge in [-0.15, -0.1) is 0 Å². The van der Waals surface area contributed by atoms with E-state index in [1.54, 1.807) is 12.2 Å². The molecule has 0 aromatic carbocycles. The maximum absolute atomic E-state index is 13.4. The number of rotatable bonds is 4. The second kappa shape index (κ2) is 7.20. The van der Waals surface area contributed by atoms with Crippen LogP contribution in [-0.4, -0.2) is 18.5 Å². The molecular formula is C16H24FN. The fraction of sp³-hybridized carbons (Fsp3) is 0.500. The summed E-state index contributed by atoms with van der Waals surface area (Å²) in [5.74, 6) is -0.189. The van der Waals surface area contributed by atoms with Crippen molar-refractivity contribution in [3.05, 3.63) is 47.5 Å². The van der Waals surface area contributed by atoms with Gasteiger partial charge in [0.2, 0.25) is 0 Å². The van der Waals surface area contributed by atoms with Crippen molar-refractivity contribution >= 4 is 0 Å². The summed E-state index contributed by atoms with van der Waals surface area (Å²) in [7, 11) is 2.00. The van der Waals surface area contributed by atoms with Crippen LogP contribution in [0.4, 0.5) is 4.39 Å². The SMILES string of the molecule is C=C1/C=C\C(F)=C/CN(C)/C(C)=C\1CCCCC. The van der Waals surface area contributed by atoms with E-state index >= 15 is 0 Å². The highest BCUT2D eigenvalue weighted by Crippen LogP contribution is 2.24. The van der Waals surface area contributed by atoms with E-state index in [1.807, 2.05) is 7.05 Å². The minimum Gasteiger partial charge on any atom is -0.374 e. The van der Waals surface area contributed by atoms with E-state index in [0.29, 0.717) is 6.54 Å². The number of hydrogen-bond acceptors (Lipinski definition) is 1. The fourth-order valence-electron chi connectivity index (χ4n) is 2.07. The molecule has 1 nitrogen and oxygen atoms in total. The molecule has 1 aliphatic heterocycles. The monoisotopic (exact) mass is 249 g/mol. The van der Waals surface area contributed by atoms with Crippen LogP contribution in [0.5, 0.6) is 0 Å². The average Bonchev–Trinajstić information content (AvgIpc) is 2.40. The van der Waals surface area contributed by atoms with Crippen molar-refractivity contribution in [1.29, 1.82) is 0 Å². The number of halogens is 1. The third kappa shape index (κ3) is 4.17. The van der Waals surface area contributed by atoms with Crippen LogP contribution in [0.1, 0.15) is 39.5 Å². The molecule has 0 atom stereocenters. The molecule has 1 heterocycles. The van der Waals surface area contributed by atoms with Gasteiger partial charge in [0, 0.05) is 19.3 Å². The molecule has 100 valence electrons. The highest BCUT2D eigenvalue weighted by atomic mass is 19.1. The summed E-state index contributed by atoms with van der Waals surface area (Å²) in [5.41, 5.74) is 3.39. The van der Waals surface area contributed by atoms with Crippen LogP contribution in [0.3, 0.4) is 0 Å². The Bertz CT molecular complexity index is 388. The standard InChI is InChI=1S/C16H24FN/c1-5-6-7-8-16-13(2)9-10-15(17)11-12-18(4)14(16)3/h9-11H,2,5-8,12H2,1,3-4H3/b10-9-,15-11+,16-14-.